The minimum Gasteiger partial charge on any atom is -0.467 e. The van der Waals surface area contributed by atoms with Crippen molar-refractivity contribution >= 4 is 29.4 Å². The molecule has 2 bridgehead atoms. The van der Waals surface area contributed by atoms with Gasteiger partial charge in [0.05, 0.1) is 9.86 Å². The molecular weight excluding hydrogens is 322 g/mol. The van der Waals surface area contributed by atoms with E-state index in [1.54, 1.807) is 0 Å². The fourth-order valence-electron chi connectivity index (χ4n) is 3.41. The van der Waals surface area contributed by atoms with E-state index in [0.717, 1.165) is 48.1 Å². The van der Waals surface area contributed by atoms with Crippen molar-refractivity contribution in [2.24, 2.45) is 5.92 Å². The lowest BCUT2D eigenvalue weighted by Gasteiger charge is -2.49. The van der Waals surface area contributed by atoms with Gasteiger partial charge in [-0.25, -0.2) is 0 Å². The van der Waals surface area contributed by atoms with Gasteiger partial charge in [-0.15, -0.1) is 0 Å². The molecule has 19 heavy (non-hydrogen) atoms. The van der Waals surface area contributed by atoms with E-state index in [1.807, 2.05) is 6.07 Å². The minimum atomic E-state index is -1.51. The third-order valence-electron chi connectivity index (χ3n) is 4.52. The lowest BCUT2D eigenvalue weighted by Crippen LogP contribution is -2.57. The molecule has 4 heterocycles. The van der Waals surface area contributed by atoms with Crippen LogP contribution >= 0.6 is 15.9 Å². The Hall–Kier alpha value is -0.103. The van der Waals surface area contributed by atoms with Crippen molar-refractivity contribution in [1.29, 1.82) is 0 Å². The van der Waals surface area contributed by atoms with Crippen LogP contribution in [-0.2, 0) is 5.60 Å². The molecule has 1 aromatic rings. The number of halogens is 1. The molecule has 3 nitrogen and oxygen atoms in total. The highest BCUT2D eigenvalue weighted by atomic mass is 79.9. The number of nitrogens with zero attached hydrogens (tertiary/aromatic N) is 1. The first-order chi connectivity index (χ1) is 8.80. The lowest BCUT2D eigenvalue weighted by atomic mass is 9.74. The number of rotatable bonds is 2. The van der Waals surface area contributed by atoms with Crippen LogP contribution in [0.5, 0.6) is 0 Å². The van der Waals surface area contributed by atoms with Crippen molar-refractivity contribution in [3.8, 4) is 0 Å². The largest absolute Gasteiger partial charge is 0.467 e. The Morgan fingerprint density at radius 2 is 2.00 bits per heavy atom. The number of hydrogen-bond donors (Lipinski definition) is 1. The zero-order chi connectivity index (χ0) is 13.8. The Labute approximate surface area is 124 Å². The maximum absolute atomic E-state index is 11.1. The summed E-state index contributed by atoms with van der Waals surface area (Å²) in [5.74, 6) is 1.12. The molecule has 1 N–H and O–H groups in total. The van der Waals surface area contributed by atoms with E-state index < -0.39 is 13.7 Å². The average Bonchev–Trinajstić information content (AvgIpc) is 2.73. The molecule has 0 saturated carbocycles. The molecule has 1 unspecified atom stereocenters. The second-order valence-electron chi connectivity index (χ2n) is 7.01. The summed E-state index contributed by atoms with van der Waals surface area (Å²) in [5.41, 5.74) is -0.781. The molecule has 3 fully saturated rings. The third kappa shape index (κ3) is 2.24. The van der Waals surface area contributed by atoms with Crippen LogP contribution in [0.3, 0.4) is 0 Å². The van der Waals surface area contributed by atoms with E-state index in [1.165, 1.54) is 0 Å². The van der Waals surface area contributed by atoms with Gasteiger partial charge in [0.25, 0.3) is 0 Å². The zero-order valence-electron chi connectivity index (χ0n) is 11.9. The molecule has 0 aliphatic carbocycles. The van der Waals surface area contributed by atoms with Gasteiger partial charge in [0.1, 0.15) is 19.4 Å². The lowest BCUT2D eigenvalue weighted by molar-refractivity contribution is -0.128. The van der Waals surface area contributed by atoms with Gasteiger partial charge in [0.15, 0.2) is 0 Å². The van der Waals surface area contributed by atoms with E-state index >= 15 is 0 Å². The molecule has 0 amide bonds. The summed E-state index contributed by atoms with van der Waals surface area (Å²) in [5, 5.41) is 12.2. The first-order valence-electron chi connectivity index (χ1n) is 7.06. The zero-order valence-corrected chi connectivity index (χ0v) is 14.5. The van der Waals surface area contributed by atoms with Crippen LogP contribution in [0.4, 0.5) is 0 Å². The second kappa shape index (κ2) is 4.45. The summed E-state index contributed by atoms with van der Waals surface area (Å²) in [7, 11) is -1.51. The maximum atomic E-state index is 11.1. The van der Waals surface area contributed by atoms with Gasteiger partial charge in [0.2, 0.25) is 0 Å². The van der Waals surface area contributed by atoms with Gasteiger partial charge >= 0.3 is 0 Å². The normalized spacial score (nSPS) is 34.8. The molecule has 4 rings (SSSR count). The molecule has 3 saturated heterocycles. The van der Waals surface area contributed by atoms with Crippen molar-refractivity contribution in [1.82, 2.24) is 4.90 Å². The van der Waals surface area contributed by atoms with Crippen LogP contribution in [-0.4, -0.2) is 37.7 Å². The van der Waals surface area contributed by atoms with Gasteiger partial charge < -0.3 is 9.52 Å². The van der Waals surface area contributed by atoms with E-state index in [4.69, 9.17) is 4.42 Å². The van der Waals surface area contributed by atoms with E-state index in [-0.39, 0.29) is 0 Å². The SMILES string of the molecule is C[Si](C)(C)c1oc(C2(O)CN3CCC2CC3)cc1Br. The number of furan rings is 1. The molecule has 0 radical (unpaired) electrons. The molecule has 3 aliphatic heterocycles. The fourth-order valence-corrected chi connectivity index (χ4v) is 6.69. The van der Waals surface area contributed by atoms with Gasteiger partial charge in [-0.05, 0) is 53.8 Å². The summed E-state index contributed by atoms with van der Waals surface area (Å²) in [6.07, 6.45) is 2.16. The average molecular weight is 344 g/mol. The Morgan fingerprint density at radius 1 is 1.37 bits per heavy atom. The van der Waals surface area contributed by atoms with Gasteiger partial charge in [-0.3, -0.25) is 4.90 Å². The van der Waals surface area contributed by atoms with Crippen LogP contribution < -0.4 is 5.38 Å². The molecule has 106 valence electrons. The van der Waals surface area contributed by atoms with E-state index in [2.05, 4.69) is 40.5 Å². The topological polar surface area (TPSA) is 36.6 Å². The highest BCUT2D eigenvalue weighted by molar-refractivity contribution is 9.10. The number of hydrogen-bond acceptors (Lipinski definition) is 3. The van der Waals surface area contributed by atoms with E-state index in [9.17, 15) is 5.11 Å². The van der Waals surface area contributed by atoms with Crippen molar-refractivity contribution in [3.63, 3.8) is 0 Å². The molecule has 5 heteroatoms. The number of fused-ring (bicyclic) bond motifs is 3. The van der Waals surface area contributed by atoms with Crippen LogP contribution in [0.2, 0.25) is 19.6 Å². The van der Waals surface area contributed by atoms with Crippen LogP contribution in [0.25, 0.3) is 0 Å². The highest BCUT2D eigenvalue weighted by Gasteiger charge is 2.49. The summed E-state index contributed by atoms with van der Waals surface area (Å²) in [4.78, 5) is 2.35. The summed E-state index contributed by atoms with van der Waals surface area (Å²) in [6.45, 7) is 9.76. The maximum Gasteiger partial charge on any atom is 0.138 e. The van der Waals surface area contributed by atoms with Crippen LogP contribution in [0.15, 0.2) is 15.0 Å². The van der Waals surface area contributed by atoms with Crippen LogP contribution in [0, 0.1) is 5.92 Å². The Balaban J connectivity index is 1.98. The molecule has 3 aliphatic rings. The van der Waals surface area contributed by atoms with Gasteiger partial charge in [-0.1, -0.05) is 19.6 Å². The van der Waals surface area contributed by atoms with Crippen molar-refractivity contribution in [2.45, 2.75) is 38.1 Å². The predicted octanol–water partition coefficient (Wildman–Crippen LogP) is 2.50. The molecule has 1 aromatic heterocycles. The quantitative estimate of drug-likeness (QED) is 0.838. The highest BCUT2D eigenvalue weighted by Crippen LogP contribution is 2.43. The van der Waals surface area contributed by atoms with Gasteiger partial charge in [0, 0.05) is 6.54 Å². The third-order valence-corrected chi connectivity index (χ3v) is 7.21. The Kier molecular flexibility index (Phi) is 3.24. The van der Waals surface area contributed by atoms with E-state index in [0.29, 0.717) is 5.92 Å². The first-order valence-corrected chi connectivity index (χ1v) is 11.3. The van der Waals surface area contributed by atoms with Crippen molar-refractivity contribution < 1.29 is 9.52 Å². The van der Waals surface area contributed by atoms with Crippen molar-refractivity contribution in [2.75, 3.05) is 19.6 Å². The van der Waals surface area contributed by atoms with Crippen molar-refractivity contribution in [3.05, 3.63) is 16.3 Å². The van der Waals surface area contributed by atoms with Crippen LogP contribution in [0.1, 0.15) is 18.6 Å². The molecule has 0 aromatic carbocycles. The fraction of sp³-hybridized carbons (Fsp3) is 0.714. The first kappa shape index (κ1) is 13.9. The summed E-state index contributed by atoms with van der Waals surface area (Å²) >= 11 is 3.61. The predicted molar refractivity (Wildman–Crippen MR) is 82.4 cm³/mol. The Morgan fingerprint density at radius 3 is 2.42 bits per heavy atom. The number of piperidine rings is 3. The second-order valence-corrected chi connectivity index (χ2v) is 12.8. The summed E-state index contributed by atoms with van der Waals surface area (Å²) < 4.78 is 7.15. The number of aliphatic hydroxyl groups is 1. The standard InChI is InChI=1S/C14H22BrNO2Si/c1-19(2,3)13-11(15)8-12(18-13)14(17)9-16-6-4-10(14)5-7-16/h8,10,17H,4-7,9H2,1-3H3. The van der Waals surface area contributed by atoms with Gasteiger partial charge in [-0.2, -0.15) is 0 Å². The molecule has 0 spiro atoms. The smallest absolute Gasteiger partial charge is 0.138 e. The Bertz CT molecular complexity index is 488. The minimum absolute atomic E-state index is 0.352. The molecular formula is C14H22BrNO2Si. The molecule has 1 atom stereocenters. The summed E-state index contributed by atoms with van der Waals surface area (Å²) in [6, 6.07) is 2.01. The monoisotopic (exact) mass is 343 g/mol.